The lowest BCUT2D eigenvalue weighted by Gasteiger charge is -2.08. The van der Waals surface area contributed by atoms with Gasteiger partial charge in [0.2, 0.25) is 0 Å². The van der Waals surface area contributed by atoms with Crippen molar-refractivity contribution < 1.29 is 14.3 Å². The first-order valence-electron chi connectivity index (χ1n) is 4.22. The van der Waals surface area contributed by atoms with Crippen LogP contribution in [0.1, 0.15) is 20.8 Å². The molecule has 0 aromatic heterocycles. The Labute approximate surface area is 83.5 Å². The van der Waals surface area contributed by atoms with E-state index in [4.69, 9.17) is 5.53 Å². The number of nitrogens with zero attached hydrogens (tertiary/aromatic N) is 2. The summed E-state index contributed by atoms with van der Waals surface area (Å²) in [7, 11) is 0. The van der Waals surface area contributed by atoms with Crippen LogP contribution < -0.4 is 0 Å². The molecule has 0 heterocycles. The molecule has 0 bridgehead atoms. The van der Waals surface area contributed by atoms with E-state index in [0.29, 0.717) is 6.21 Å². The van der Waals surface area contributed by atoms with Gasteiger partial charge in [0.05, 0.1) is 0 Å². The Morgan fingerprint density at radius 2 is 2.21 bits per heavy atom. The molecule has 0 amide bonds. The van der Waals surface area contributed by atoms with Crippen LogP contribution in [0.4, 0.5) is 0 Å². The topological polar surface area (TPSA) is 62.7 Å². The molecule has 0 spiro atoms. The molecule has 0 aliphatic heterocycles. The second-order valence-electron chi connectivity index (χ2n) is 3.76. The summed E-state index contributed by atoms with van der Waals surface area (Å²) in [4.78, 5) is 13.1. The third kappa shape index (κ3) is 8.47. The molecule has 0 radical (unpaired) electrons. The molecule has 4 heteroatoms. The first kappa shape index (κ1) is 12.4. The second kappa shape index (κ2) is 5.92. The Bertz CT molecular complexity index is 301. The van der Waals surface area contributed by atoms with Crippen molar-refractivity contribution in [2.24, 2.45) is 5.41 Å². The van der Waals surface area contributed by atoms with Crippen LogP contribution in [0.25, 0.3) is 5.53 Å². The molecule has 0 saturated carbocycles. The van der Waals surface area contributed by atoms with E-state index in [-0.39, 0.29) is 12.0 Å². The molecule has 14 heavy (non-hydrogen) atoms. The summed E-state index contributed by atoms with van der Waals surface area (Å²) in [5.74, 6) is -0.679. The minimum Gasteiger partial charge on any atom is -0.452 e. The molecule has 0 aliphatic carbocycles. The van der Waals surface area contributed by atoms with Gasteiger partial charge in [0.15, 0.2) is 0 Å². The smallest absolute Gasteiger partial charge is 0.413 e. The maximum Gasteiger partial charge on any atom is 0.413 e. The van der Waals surface area contributed by atoms with Gasteiger partial charge in [-0.25, -0.2) is 4.79 Å². The van der Waals surface area contributed by atoms with Gasteiger partial charge in [-0.3, -0.25) is 0 Å². The van der Waals surface area contributed by atoms with Crippen LogP contribution in [-0.2, 0) is 9.53 Å². The summed E-state index contributed by atoms with van der Waals surface area (Å²) in [6.07, 6.45) is 4.16. The van der Waals surface area contributed by atoms with Crippen molar-refractivity contribution in [3.05, 3.63) is 23.4 Å². The summed E-state index contributed by atoms with van der Waals surface area (Å²) < 4.78 is 4.61. The van der Waals surface area contributed by atoms with Gasteiger partial charge in [0.1, 0.15) is 6.61 Å². The van der Waals surface area contributed by atoms with Crippen LogP contribution in [0, 0.1) is 5.41 Å². The molecule has 0 aromatic rings. The zero-order chi connectivity index (χ0) is 11.0. The van der Waals surface area contributed by atoms with Crippen LogP contribution in [0.15, 0.2) is 17.9 Å². The number of hydrogen-bond acceptors (Lipinski definition) is 2. The van der Waals surface area contributed by atoms with Gasteiger partial charge < -0.3 is 10.3 Å². The molecule has 0 rings (SSSR count). The van der Waals surface area contributed by atoms with Crippen LogP contribution in [0.2, 0.25) is 0 Å². The largest absolute Gasteiger partial charge is 0.452 e. The highest BCUT2D eigenvalue weighted by molar-refractivity contribution is 6.20. The Balaban J connectivity index is 3.91. The number of esters is 1. The summed E-state index contributed by atoms with van der Waals surface area (Å²) in [6, 6.07) is 0. The Hall–Kier alpha value is -1.63. The van der Waals surface area contributed by atoms with E-state index >= 15 is 0 Å². The average molecular weight is 194 g/mol. The van der Waals surface area contributed by atoms with Crippen LogP contribution in [0.5, 0.6) is 0 Å². The lowest BCUT2D eigenvalue weighted by atomic mass is 9.97. The van der Waals surface area contributed by atoms with Gasteiger partial charge in [-0.1, -0.05) is 20.8 Å². The minimum atomic E-state index is -0.679. The van der Waals surface area contributed by atoms with E-state index in [2.05, 4.69) is 15.3 Å². The van der Waals surface area contributed by atoms with Crippen molar-refractivity contribution in [2.75, 3.05) is 6.61 Å². The molecule has 0 fully saturated rings. The van der Waals surface area contributed by atoms with E-state index in [1.165, 1.54) is 0 Å². The van der Waals surface area contributed by atoms with Crippen molar-refractivity contribution in [3.8, 4) is 0 Å². The SMILES string of the molecule is CC(C)(C)C=C=CCOC(=O)C=[N+]=[N-]. The summed E-state index contributed by atoms with van der Waals surface area (Å²) in [5, 5.41) is 0. The molecule has 0 unspecified atom stereocenters. The highest BCUT2D eigenvalue weighted by Crippen LogP contribution is 2.12. The molecule has 0 aromatic carbocycles. The highest BCUT2D eigenvalue weighted by Gasteiger charge is 2.02. The number of rotatable bonds is 3. The molecule has 4 nitrogen and oxygen atoms in total. The van der Waals surface area contributed by atoms with Gasteiger partial charge in [-0.2, -0.15) is 4.79 Å². The van der Waals surface area contributed by atoms with E-state index in [0.717, 1.165) is 0 Å². The predicted molar refractivity (Wildman–Crippen MR) is 52.8 cm³/mol. The fourth-order valence-corrected chi connectivity index (χ4v) is 0.565. The van der Waals surface area contributed by atoms with Crippen LogP contribution in [-0.4, -0.2) is 23.6 Å². The van der Waals surface area contributed by atoms with Gasteiger partial charge in [-0.05, 0) is 17.6 Å². The third-order valence-electron chi connectivity index (χ3n) is 1.11. The second-order valence-corrected chi connectivity index (χ2v) is 3.76. The lowest BCUT2D eigenvalue weighted by Crippen LogP contribution is -2.05. The molecule has 0 saturated heterocycles. The number of carbonyl (C=O) groups excluding carboxylic acids is 1. The van der Waals surface area contributed by atoms with E-state index in [1.807, 2.05) is 26.8 Å². The molecule has 76 valence electrons. The molecular weight excluding hydrogens is 180 g/mol. The molecule has 0 N–H and O–H groups in total. The zero-order valence-corrected chi connectivity index (χ0v) is 8.65. The first-order chi connectivity index (χ1) is 6.45. The number of hydrogen-bond donors (Lipinski definition) is 0. The standard InChI is InChI=1S/C10H14N2O2/c1-10(2,3)6-4-5-7-14-9(13)8-12-11/h5-6,8H,7H2,1-3H3. The minimum absolute atomic E-state index is 0.0626. The normalized spacial score (nSPS) is 9.36. The van der Waals surface area contributed by atoms with E-state index in [1.54, 1.807) is 6.08 Å². The van der Waals surface area contributed by atoms with E-state index in [9.17, 15) is 4.79 Å². The summed E-state index contributed by atoms with van der Waals surface area (Å²) in [6.45, 7) is 6.24. The van der Waals surface area contributed by atoms with Crippen molar-refractivity contribution in [3.63, 3.8) is 0 Å². The van der Waals surface area contributed by atoms with Gasteiger partial charge in [0, 0.05) is 0 Å². The Morgan fingerprint density at radius 1 is 1.57 bits per heavy atom. The Morgan fingerprint density at radius 3 is 2.71 bits per heavy atom. The summed E-state index contributed by atoms with van der Waals surface area (Å²) in [5.41, 5.74) is 10.9. The third-order valence-corrected chi connectivity index (χ3v) is 1.11. The molecule has 0 aliphatic rings. The maximum absolute atomic E-state index is 10.6. The monoisotopic (exact) mass is 194 g/mol. The fraction of sp³-hybridized carbons (Fsp3) is 0.500. The fourth-order valence-electron chi connectivity index (χ4n) is 0.565. The van der Waals surface area contributed by atoms with Crippen molar-refractivity contribution in [2.45, 2.75) is 20.8 Å². The van der Waals surface area contributed by atoms with Crippen molar-refractivity contribution >= 4 is 12.2 Å². The molecular formula is C10H14N2O2. The van der Waals surface area contributed by atoms with Gasteiger partial charge in [0.25, 0.3) is 0 Å². The quantitative estimate of drug-likeness (QED) is 0.225. The first-order valence-corrected chi connectivity index (χ1v) is 4.22. The van der Waals surface area contributed by atoms with E-state index < -0.39 is 5.97 Å². The van der Waals surface area contributed by atoms with Crippen LogP contribution in [0.3, 0.4) is 0 Å². The van der Waals surface area contributed by atoms with Crippen molar-refractivity contribution in [1.29, 1.82) is 0 Å². The lowest BCUT2D eigenvalue weighted by molar-refractivity contribution is -0.137. The average Bonchev–Trinajstić information content (AvgIpc) is 2.02. The number of carbonyl (C=O) groups is 1. The number of ether oxygens (including phenoxy) is 1. The molecule has 0 atom stereocenters. The van der Waals surface area contributed by atoms with Gasteiger partial charge in [-0.15, -0.1) is 5.73 Å². The zero-order valence-electron chi connectivity index (χ0n) is 8.65. The highest BCUT2D eigenvalue weighted by atomic mass is 16.5. The van der Waals surface area contributed by atoms with Gasteiger partial charge >= 0.3 is 12.2 Å². The Kier molecular flexibility index (Phi) is 5.23. The predicted octanol–water partition coefficient (Wildman–Crippen LogP) is 1.59. The van der Waals surface area contributed by atoms with Crippen LogP contribution >= 0.6 is 0 Å². The van der Waals surface area contributed by atoms with Crippen molar-refractivity contribution in [1.82, 2.24) is 0 Å². The maximum atomic E-state index is 10.6. The summed E-state index contributed by atoms with van der Waals surface area (Å²) >= 11 is 0.